The lowest BCUT2D eigenvalue weighted by atomic mass is 10.0. The second-order valence-corrected chi connectivity index (χ2v) is 7.21. The van der Waals surface area contributed by atoms with Crippen molar-refractivity contribution in [2.75, 3.05) is 6.54 Å². The number of carbonyl (C=O) groups is 3. The van der Waals surface area contributed by atoms with E-state index >= 15 is 0 Å². The van der Waals surface area contributed by atoms with Crippen molar-refractivity contribution in [2.24, 2.45) is 0 Å². The van der Waals surface area contributed by atoms with Crippen molar-refractivity contribution in [3.8, 4) is 0 Å². The zero-order chi connectivity index (χ0) is 18.9. The van der Waals surface area contributed by atoms with Gasteiger partial charge in [-0.15, -0.1) is 11.3 Å². The Balaban J connectivity index is 1.66. The molecule has 4 amide bonds. The highest BCUT2D eigenvalue weighted by Gasteiger charge is 2.50. The van der Waals surface area contributed by atoms with Gasteiger partial charge in [0.2, 0.25) is 5.91 Å². The summed E-state index contributed by atoms with van der Waals surface area (Å²) < 4.78 is 13.0. The molecule has 2 atom stereocenters. The summed E-state index contributed by atoms with van der Waals surface area (Å²) in [5, 5.41) is 7.19. The van der Waals surface area contributed by atoms with E-state index < -0.39 is 23.4 Å². The maximum atomic E-state index is 13.0. The number of urea groups is 1. The number of hydrogen-bond acceptors (Lipinski definition) is 4. The molecule has 1 aliphatic heterocycles. The molecule has 6 nitrogen and oxygen atoms in total. The number of nitrogens with one attached hydrogen (secondary N) is 2. The second kappa shape index (κ2) is 6.87. The fourth-order valence-corrected chi connectivity index (χ4v) is 3.67. The molecule has 0 spiro atoms. The summed E-state index contributed by atoms with van der Waals surface area (Å²) in [7, 11) is 0. The van der Waals surface area contributed by atoms with Gasteiger partial charge in [-0.25, -0.2) is 9.18 Å². The molecular formula is C18H18FN3O3S. The van der Waals surface area contributed by atoms with E-state index in [2.05, 4.69) is 10.6 Å². The first-order valence-electron chi connectivity index (χ1n) is 8.04. The largest absolute Gasteiger partial charge is 0.348 e. The summed E-state index contributed by atoms with van der Waals surface area (Å²) in [6, 6.07) is 8.34. The standard InChI is InChI=1S/C18H18FN3O3S/c1-11(12-5-7-13(19)8-6-12)20-15(23)10-22-16(24)18(2,21-17(22)25)14-4-3-9-26-14/h3-9,11H,10H2,1-2H3,(H,20,23)(H,21,25). The van der Waals surface area contributed by atoms with Crippen molar-refractivity contribution >= 4 is 29.2 Å². The molecule has 0 aliphatic carbocycles. The molecule has 2 aromatic rings. The molecule has 1 saturated heterocycles. The Labute approximate surface area is 154 Å². The molecule has 0 radical (unpaired) electrons. The highest BCUT2D eigenvalue weighted by molar-refractivity contribution is 7.10. The van der Waals surface area contributed by atoms with Crippen LogP contribution in [0.2, 0.25) is 0 Å². The predicted octanol–water partition coefficient (Wildman–Crippen LogP) is 2.53. The van der Waals surface area contributed by atoms with Crippen molar-refractivity contribution in [2.45, 2.75) is 25.4 Å². The quantitative estimate of drug-likeness (QED) is 0.789. The highest BCUT2D eigenvalue weighted by atomic mass is 32.1. The summed E-state index contributed by atoms with van der Waals surface area (Å²) in [6.45, 7) is 2.99. The van der Waals surface area contributed by atoms with E-state index in [0.29, 0.717) is 4.88 Å². The monoisotopic (exact) mass is 375 g/mol. The molecule has 2 heterocycles. The van der Waals surface area contributed by atoms with E-state index in [0.717, 1.165) is 10.5 Å². The zero-order valence-corrected chi connectivity index (χ0v) is 15.1. The van der Waals surface area contributed by atoms with E-state index in [-0.39, 0.29) is 18.4 Å². The van der Waals surface area contributed by atoms with Crippen LogP contribution in [-0.2, 0) is 15.1 Å². The van der Waals surface area contributed by atoms with Crippen molar-refractivity contribution in [3.63, 3.8) is 0 Å². The SMILES string of the molecule is CC(NC(=O)CN1C(=O)NC(C)(c2cccs2)C1=O)c1ccc(F)cc1. The average Bonchev–Trinajstić information content (AvgIpc) is 3.20. The first-order chi connectivity index (χ1) is 12.3. The Morgan fingerprint density at radius 3 is 2.62 bits per heavy atom. The maximum Gasteiger partial charge on any atom is 0.325 e. The molecule has 0 bridgehead atoms. The van der Waals surface area contributed by atoms with Crippen molar-refractivity contribution in [1.82, 2.24) is 15.5 Å². The Hall–Kier alpha value is -2.74. The van der Waals surface area contributed by atoms with E-state index in [1.54, 1.807) is 38.1 Å². The number of rotatable bonds is 5. The average molecular weight is 375 g/mol. The lowest BCUT2D eigenvalue weighted by Gasteiger charge is -2.20. The second-order valence-electron chi connectivity index (χ2n) is 6.26. The van der Waals surface area contributed by atoms with Gasteiger partial charge < -0.3 is 10.6 Å². The molecule has 3 rings (SSSR count). The molecule has 1 aromatic heterocycles. The lowest BCUT2D eigenvalue weighted by Crippen LogP contribution is -2.43. The zero-order valence-electron chi connectivity index (χ0n) is 14.3. The van der Waals surface area contributed by atoms with E-state index in [4.69, 9.17) is 0 Å². The van der Waals surface area contributed by atoms with Crippen LogP contribution in [0.5, 0.6) is 0 Å². The van der Waals surface area contributed by atoms with Crippen LogP contribution in [0.3, 0.4) is 0 Å². The first-order valence-corrected chi connectivity index (χ1v) is 8.92. The van der Waals surface area contributed by atoms with Crippen LogP contribution in [0.4, 0.5) is 9.18 Å². The Bertz CT molecular complexity index is 838. The molecule has 2 N–H and O–H groups in total. The normalized spacial score (nSPS) is 20.8. The number of hydrogen-bond donors (Lipinski definition) is 2. The van der Waals surface area contributed by atoms with Gasteiger partial charge >= 0.3 is 6.03 Å². The number of thiophene rings is 1. The third-order valence-electron chi connectivity index (χ3n) is 4.34. The van der Waals surface area contributed by atoms with Gasteiger partial charge in [-0.3, -0.25) is 14.5 Å². The molecule has 1 aromatic carbocycles. The Morgan fingerprint density at radius 2 is 2.00 bits per heavy atom. The van der Waals surface area contributed by atoms with Gasteiger partial charge in [0.15, 0.2) is 5.54 Å². The molecule has 26 heavy (non-hydrogen) atoms. The van der Waals surface area contributed by atoms with Crippen LogP contribution in [0.25, 0.3) is 0 Å². The number of halogens is 1. The fourth-order valence-electron chi connectivity index (χ4n) is 2.84. The maximum absolute atomic E-state index is 13.0. The fraction of sp³-hybridized carbons (Fsp3) is 0.278. The van der Waals surface area contributed by atoms with Crippen LogP contribution in [0, 0.1) is 5.82 Å². The molecule has 8 heteroatoms. The molecule has 1 aliphatic rings. The van der Waals surface area contributed by atoms with Gasteiger partial charge in [0.25, 0.3) is 5.91 Å². The minimum absolute atomic E-state index is 0.362. The van der Waals surface area contributed by atoms with Gasteiger partial charge in [-0.1, -0.05) is 18.2 Å². The summed E-state index contributed by atoms with van der Waals surface area (Å²) in [4.78, 5) is 38.8. The van der Waals surface area contributed by atoms with Gasteiger partial charge in [-0.2, -0.15) is 0 Å². The predicted molar refractivity (Wildman–Crippen MR) is 94.9 cm³/mol. The van der Waals surface area contributed by atoms with E-state index in [1.807, 2.05) is 5.38 Å². The summed E-state index contributed by atoms with van der Waals surface area (Å²) >= 11 is 1.36. The van der Waals surface area contributed by atoms with Crippen molar-refractivity contribution in [3.05, 3.63) is 58.0 Å². The van der Waals surface area contributed by atoms with E-state index in [9.17, 15) is 18.8 Å². The smallest absolute Gasteiger partial charge is 0.325 e. The molecular weight excluding hydrogens is 357 g/mol. The number of imide groups is 1. The number of carbonyl (C=O) groups excluding carboxylic acids is 3. The Kier molecular flexibility index (Phi) is 4.78. The lowest BCUT2D eigenvalue weighted by molar-refractivity contribution is -0.134. The minimum atomic E-state index is -1.16. The van der Waals surface area contributed by atoms with Crippen LogP contribution in [0.15, 0.2) is 41.8 Å². The number of amides is 4. The van der Waals surface area contributed by atoms with Crippen LogP contribution in [0.1, 0.15) is 30.3 Å². The molecule has 2 unspecified atom stereocenters. The summed E-state index contributed by atoms with van der Waals surface area (Å²) in [5.41, 5.74) is -0.436. The number of nitrogens with zero attached hydrogens (tertiary/aromatic N) is 1. The molecule has 0 saturated carbocycles. The Morgan fingerprint density at radius 1 is 1.31 bits per heavy atom. The molecule has 136 valence electrons. The van der Waals surface area contributed by atoms with Gasteiger partial charge in [-0.05, 0) is 43.0 Å². The van der Waals surface area contributed by atoms with Crippen LogP contribution in [-0.4, -0.2) is 29.3 Å². The summed E-state index contributed by atoms with van der Waals surface area (Å²) in [6.07, 6.45) is 0. The van der Waals surface area contributed by atoms with Crippen LogP contribution < -0.4 is 10.6 Å². The van der Waals surface area contributed by atoms with Crippen molar-refractivity contribution in [1.29, 1.82) is 0 Å². The van der Waals surface area contributed by atoms with Gasteiger partial charge in [0.1, 0.15) is 12.4 Å². The van der Waals surface area contributed by atoms with Gasteiger partial charge in [0.05, 0.1) is 6.04 Å². The first kappa shape index (κ1) is 18.1. The minimum Gasteiger partial charge on any atom is -0.348 e. The highest BCUT2D eigenvalue weighted by Crippen LogP contribution is 2.31. The third-order valence-corrected chi connectivity index (χ3v) is 5.43. The third kappa shape index (κ3) is 3.32. The van der Waals surface area contributed by atoms with Gasteiger partial charge in [0, 0.05) is 4.88 Å². The van der Waals surface area contributed by atoms with E-state index in [1.165, 1.54) is 23.5 Å². The topological polar surface area (TPSA) is 78.5 Å². The summed E-state index contributed by atoms with van der Waals surface area (Å²) in [5.74, 6) is -1.30. The molecule has 1 fully saturated rings. The van der Waals surface area contributed by atoms with Crippen LogP contribution >= 0.6 is 11.3 Å². The van der Waals surface area contributed by atoms with Crippen molar-refractivity contribution < 1.29 is 18.8 Å². The number of benzene rings is 1.